The van der Waals surface area contributed by atoms with Crippen molar-refractivity contribution in [1.29, 1.82) is 0 Å². The van der Waals surface area contributed by atoms with Gasteiger partial charge in [-0.15, -0.1) is 0 Å². The number of hydrazine groups is 1. The minimum absolute atomic E-state index is 0.132. The summed E-state index contributed by atoms with van der Waals surface area (Å²) in [6.45, 7) is 4.43. The van der Waals surface area contributed by atoms with Crippen LogP contribution in [0.2, 0.25) is 5.02 Å². The third-order valence-electron chi connectivity index (χ3n) is 4.49. The Balaban J connectivity index is 1.86. The molecule has 1 amide bonds. The molecule has 4 nitrogen and oxygen atoms in total. The van der Waals surface area contributed by atoms with Gasteiger partial charge in [-0.3, -0.25) is 15.6 Å². The summed E-state index contributed by atoms with van der Waals surface area (Å²) in [5.41, 5.74) is 4.88. The van der Waals surface area contributed by atoms with Crippen LogP contribution < -0.4 is 16.2 Å². The van der Waals surface area contributed by atoms with E-state index in [4.69, 9.17) is 23.8 Å². The Morgan fingerprint density at radius 2 is 2.04 bits per heavy atom. The first-order valence-electron chi connectivity index (χ1n) is 7.70. The SMILES string of the molecule is C[C@H]1[C@@H](NC(=S)NNC(=O)c2cc(Cl)ccc2F)CCC[C@@H]1C. The largest absolute Gasteiger partial charge is 0.358 e. The smallest absolute Gasteiger partial charge is 0.272 e. The Labute approximate surface area is 146 Å². The van der Waals surface area contributed by atoms with Crippen LogP contribution in [0, 0.1) is 17.7 Å². The van der Waals surface area contributed by atoms with Crippen LogP contribution in [-0.4, -0.2) is 17.1 Å². The number of carbonyl (C=O) groups is 1. The van der Waals surface area contributed by atoms with E-state index in [1.807, 2.05) is 0 Å². The number of hydrogen-bond acceptors (Lipinski definition) is 2. The second kappa shape index (κ2) is 7.93. The minimum atomic E-state index is -0.637. The van der Waals surface area contributed by atoms with Gasteiger partial charge in [0, 0.05) is 11.1 Å². The average Bonchev–Trinajstić information content (AvgIpc) is 2.52. The van der Waals surface area contributed by atoms with Crippen LogP contribution in [0.5, 0.6) is 0 Å². The molecule has 0 unspecified atom stereocenters. The summed E-state index contributed by atoms with van der Waals surface area (Å²) in [6, 6.07) is 4.09. The number of thiocarbonyl (C=S) groups is 1. The summed E-state index contributed by atoms with van der Waals surface area (Å²) in [6.07, 6.45) is 3.43. The van der Waals surface area contributed by atoms with Crippen LogP contribution in [0.25, 0.3) is 0 Å². The highest BCUT2D eigenvalue weighted by molar-refractivity contribution is 7.80. The summed E-state index contributed by atoms with van der Waals surface area (Å²) in [4.78, 5) is 12.0. The van der Waals surface area contributed by atoms with E-state index in [0.29, 0.717) is 22.0 Å². The molecule has 0 saturated heterocycles. The standard InChI is InChI=1S/C16H21ClFN3OS/c1-9-4-3-5-14(10(9)2)19-16(23)21-20-15(22)12-8-11(17)6-7-13(12)18/h6-10,14H,3-5H2,1-2H3,(H,20,22)(H2,19,21,23)/t9-,10+,14-/m0/s1. The Bertz CT molecular complexity index is 599. The number of carbonyl (C=O) groups excluding carboxylic acids is 1. The van der Waals surface area contributed by atoms with Gasteiger partial charge < -0.3 is 5.32 Å². The van der Waals surface area contributed by atoms with Gasteiger partial charge in [0.2, 0.25) is 0 Å². The molecule has 1 aliphatic carbocycles. The van der Waals surface area contributed by atoms with E-state index in [1.54, 1.807) is 0 Å². The Morgan fingerprint density at radius 3 is 2.78 bits per heavy atom. The molecule has 0 radical (unpaired) electrons. The van der Waals surface area contributed by atoms with Crippen LogP contribution in [-0.2, 0) is 0 Å². The predicted molar refractivity (Wildman–Crippen MR) is 93.7 cm³/mol. The Morgan fingerprint density at radius 1 is 1.30 bits per heavy atom. The molecular formula is C16H21ClFN3OS. The van der Waals surface area contributed by atoms with Crippen molar-refractivity contribution in [3.63, 3.8) is 0 Å². The maximum atomic E-state index is 13.6. The summed E-state index contributed by atoms with van der Waals surface area (Å²) < 4.78 is 13.6. The molecule has 0 bridgehead atoms. The van der Waals surface area contributed by atoms with E-state index >= 15 is 0 Å². The molecule has 2 rings (SSSR count). The van der Waals surface area contributed by atoms with E-state index in [2.05, 4.69) is 30.0 Å². The normalized spacial score (nSPS) is 23.9. The molecule has 3 N–H and O–H groups in total. The van der Waals surface area contributed by atoms with Gasteiger partial charge in [-0.1, -0.05) is 38.3 Å². The first kappa shape index (κ1) is 17.9. The topological polar surface area (TPSA) is 53.2 Å². The molecule has 126 valence electrons. The lowest BCUT2D eigenvalue weighted by Crippen LogP contribution is -2.52. The van der Waals surface area contributed by atoms with Gasteiger partial charge in [-0.2, -0.15) is 0 Å². The number of nitrogens with one attached hydrogen (secondary N) is 3. The van der Waals surface area contributed by atoms with E-state index < -0.39 is 11.7 Å². The van der Waals surface area contributed by atoms with Crippen molar-refractivity contribution < 1.29 is 9.18 Å². The number of hydrogen-bond donors (Lipinski definition) is 3. The first-order valence-corrected chi connectivity index (χ1v) is 8.49. The minimum Gasteiger partial charge on any atom is -0.358 e. The fraction of sp³-hybridized carbons (Fsp3) is 0.500. The number of halogens is 2. The van der Waals surface area contributed by atoms with Crippen molar-refractivity contribution in [3.05, 3.63) is 34.6 Å². The predicted octanol–water partition coefficient (Wildman–Crippen LogP) is 3.41. The van der Waals surface area contributed by atoms with Gasteiger partial charge in [0.25, 0.3) is 5.91 Å². The Hall–Kier alpha value is -1.40. The third kappa shape index (κ3) is 4.78. The van der Waals surface area contributed by atoms with Crippen LogP contribution in [0.3, 0.4) is 0 Å². The number of rotatable bonds is 2. The maximum absolute atomic E-state index is 13.6. The van der Waals surface area contributed by atoms with Crippen LogP contribution >= 0.6 is 23.8 Å². The molecule has 23 heavy (non-hydrogen) atoms. The average molecular weight is 358 g/mol. The molecule has 1 aliphatic rings. The van der Waals surface area contributed by atoms with Gasteiger partial charge in [0.15, 0.2) is 5.11 Å². The highest BCUT2D eigenvalue weighted by atomic mass is 35.5. The molecule has 1 saturated carbocycles. The van der Waals surface area contributed by atoms with Gasteiger partial charge in [-0.25, -0.2) is 4.39 Å². The third-order valence-corrected chi connectivity index (χ3v) is 4.94. The lowest BCUT2D eigenvalue weighted by molar-refractivity contribution is 0.0939. The maximum Gasteiger partial charge on any atom is 0.272 e. The van der Waals surface area contributed by atoms with Crippen LogP contribution in [0.1, 0.15) is 43.5 Å². The van der Waals surface area contributed by atoms with E-state index in [-0.39, 0.29) is 11.6 Å². The second-order valence-corrected chi connectivity index (χ2v) is 6.90. The highest BCUT2D eigenvalue weighted by Gasteiger charge is 2.27. The fourth-order valence-electron chi connectivity index (χ4n) is 2.84. The summed E-state index contributed by atoms with van der Waals surface area (Å²) in [7, 11) is 0. The summed E-state index contributed by atoms with van der Waals surface area (Å²) in [5, 5.41) is 3.84. The zero-order chi connectivity index (χ0) is 17.0. The Kier molecular flexibility index (Phi) is 6.18. The monoisotopic (exact) mass is 357 g/mol. The van der Waals surface area contributed by atoms with E-state index in [9.17, 15) is 9.18 Å². The molecule has 7 heteroatoms. The van der Waals surface area contributed by atoms with Crippen LogP contribution in [0.15, 0.2) is 18.2 Å². The molecule has 0 heterocycles. The zero-order valence-corrected chi connectivity index (χ0v) is 14.7. The molecular weight excluding hydrogens is 337 g/mol. The van der Waals surface area contributed by atoms with Crippen molar-refractivity contribution >= 4 is 34.8 Å². The van der Waals surface area contributed by atoms with Crippen LogP contribution in [0.4, 0.5) is 4.39 Å². The van der Waals surface area contributed by atoms with Gasteiger partial charge in [0.1, 0.15) is 5.82 Å². The molecule has 1 aromatic rings. The van der Waals surface area contributed by atoms with Gasteiger partial charge in [0.05, 0.1) is 5.56 Å². The van der Waals surface area contributed by atoms with Crippen molar-refractivity contribution in [2.45, 2.75) is 39.2 Å². The molecule has 0 spiro atoms. The van der Waals surface area contributed by atoms with E-state index in [0.717, 1.165) is 18.9 Å². The van der Waals surface area contributed by atoms with Gasteiger partial charge >= 0.3 is 0 Å². The van der Waals surface area contributed by atoms with Crippen molar-refractivity contribution in [2.75, 3.05) is 0 Å². The lowest BCUT2D eigenvalue weighted by Gasteiger charge is -2.35. The zero-order valence-electron chi connectivity index (χ0n) is 13.2. The fourth-order valence-corrected chi connectivity index (χ4v) is 3.22. The van der Waals surface area contributed by atoms with E-state index in [1.165, 1.54) is 18.6 Å². The number of benzene rings is 1. The highest BCUT2D eigenvalue weighted by Crippen LogP contribution is 2.29. The molecule has 0 aliphatic heterocycles. The van der Waals surface area contributed by atoms with Crippen molar-refractivity contribution in [2.24, 2.45) is 11.8 Å². The molecule has 1 aromatic carbocycles. The van der Waals surface area contributed by atoms with Crippen molar-refractivity contribution in [1.82, 2.24) is 16.2 Å². The lowest BCUT2D eigenvalue weighted by atomic mass is 9.78. The molecule has 1 fully saturated rings. The molecule has 3 atom stereocenters. The molecule has 0 aromatic heterocycles. The van der Waals surface area contributed by atoms with Gasteiger partial charge in [-0.05, 0) is 48.7 Å². The summed E-state index contributed by atoms with van der Waals surface area (Å²) in [5.74, 6) is -0.120. The number of amides is 1. The quantitative estimate of drug-likeness (QED) is 0.561. The summed E-state index contributed by atoms with van der Waals surface area (Å²) >= 11 is 11.0. The first-order chi connectivity index (χ1) is 10.9. The van der Waals surface area contributed by atoms with Crippen molar-refractivity contribution in [3.8, 4) is 0 Å². The second-order valence-electron chi connectivity index (χ2n) is 6.05.